The van der Waals surface area contributed by atoms with Crippen LogP contribution in [0.1, 0.15) is 40.6 Å². The van der Waals surface area contributed by atoms with Crippen molar-refractivity contribution in [1.82, 2.24) is 14.7 Å². The topological polar surface area (TPSA) is 38.1 Å². The van der Waals surface area contributed by atoms with Gasteiger partial charge in [0.25, 0.3) is 5.91 Å². The summed E-state index contributed by atoms with van der Waals surface area (Å²) in [7, 11) is 1.34. The summed E-state index contributed by atoms with van der Waals surface area (Å²) in [5, 5.41) is 3.95. The van der Waals surface area contributed by atoms with Gasteiger partial charge in [0.2, 0.25) is 0 Å². The van der Waals surface area contributed by atoms with E-state index in [0.29, 0.717) is 11.6 Å². The fourth-order valence-corrected chi connectivity index (χ4v) is 3.29. The average Bonchev–Trinajstić information content (AvgIpc) is 3.13. The predicted octanol–water partition coefficient (Wildman–Crippen LogP) is 4.07. The zero-order chi connectivity index (χ0) is 17.5. The molecule has 128 valence electrons. The van der Waals surface area contributed by atoms with E-state index in [2.05, 4.69) is 5.10 Å². The molecule has 4 nitrogen and oxygen atoms in total. The minimum atomic E-state index is -4.58. The fourth-order valence-electron chi connectivity index (χ4n) is 3.03. The molecular weight excluding hydrogens is 343 g/mol. The van der Waals surface area contributed by atoms with Crippen molar-refractivity contribution in [2.75, 3.05) is 6.54 Å². The van der Waals surface area contributed by atoms with Crippen molar-refractivity contribution in [2.45, 2.75) is 25.1 Å². The molecule has 3 rings (SSSR count). The van der Waals surface area contributed by atoms with Crippen LogP contribution in [0, 0.1) is 0 Å². The summed E-state index contributed by atoms with van der Waals surface area (Å²) in [6, 6.07) is 7.75. The van der Waals surface area contributed by atoms with Crippen molar-refractivity contribution >= 4 is 17.5 Å². The number of benzene rings is 1. The maximum Gasteiger partial charge on any atom is 0.435 e. The normalized spacial score (nSPS) is 18.2. The summed E-state index contributed by atoms with van der Waals surface area (Å²) >= 11 is 6.21. The lowest BCUT2D eigenvalue weighted by molar-refractivity contribution is -0.141. The Morgan fingerprint density at radius 1 is 1.33 bits per heavy atom. The second-order valence-electron chi connectivity index (χ2n) is 5.71. The number of hydrogen-bond acceptors (Lipinski definition) is 2. The fraction of sp³-hybridized carbons (Fsp3) is 0.375. The zero-order valence-electron chi connectivity index (χ0n) is 12.8. The number of aryl methyl sites for hydroxylation is 1. The molecule has 0 radical (unpaired) electrons. The van der Waals surface area contributed by atoms with Crippen LogP contribution >= 0.6 is 11.6 Å². The number of halogens is 4. The van der Waals surface area contributed by atoms with Crippen LogP contribution in [0.5, 0.6) is 0 Å². The minimum absolute atomic E-state index is 0.0821. The second-order valence-corrected chi connectivity index (χ2v) is 6.12. The number of amides is 1. The number of likely N-dealkylation sites (tertiary alicyclic amines) is 1. The molecule has 1 aromatic heterocycles. The highest BCUT2D eigenvalue weighted by atomic mass is 35.5. The van der Waals surface area contributed by atoms with Crippen LogP contribution in [0.2, 0.25) is 5.02 Å². The van der Waals surface area contributed by atoms with E-state index in [0.717, 1.165) is 29.2 Å². The van der Waals surface area contributed by atoms with E-state index in [9.17, 15) is 18.0 Å². The lowest BCUT2D eigenvalue weighted by Gasteiger charge is -2.25. The van der Waals surface area contributed by atoms with Crippen LogP contribution < -0.4 is 0 Å². The van der Waals surface area contributed by atoms with E-state index in [4.69, 9.17) is 11.6 Å². The molecular formula is C16H15ClF3N3O. The van der Waals surface area contributed by atoms with Crippen LogP contribution in [-0.2, 0) is 13.2 Å². The molecule has 8 heteroatoms. The van der Waals surface area contributed by atoms with E-state index >= 15 is 0 Å². The van der Waals surface area contributed by atoms with Crippen molar-refractivity contribution in [3.05, 3.63) is 52.3 Å². The van der Waals surface area contributed by atoms with Gasteiger partial charge in [-0.3, -0.25) is 9.48 Å². The molecule has 0 bridgehead atoms. The predicted molar refractivity (Wildman–Crippen MR) is 82.7 cm³/mol. The third-order valence-corrected chi connectivity index (χ3v) is 4.51. The Hall–Kier alpha value is -2.02. The largest absolute Gasteiger partial charge is 0.435 e. The van der Waals surface area contributed by atoms with Gasteiger partial charge in [0.15, 0.2) is 5.69 Å². The molecule has 1 atom stereocenters. The third-order valence-electron chi connectivity index (χ3n) is 4.17. The first-order chi connectivity index (χ1) is 11.3. The molecule has 24 heavy (non-hydrogen) atoms. The number of carbonyl (C=O) groups excluding carboxylic acids is 1. The lowest BCUT2D eigenvalue weighted by atomic mass is 10.0. The minimum Gasteiger partial charge on any atom is -0.330 e. The average molecular weight is 358 g/mol. The monoisotopic (exact) mass is 357 g/mol. The van der Waals surface area contributed by atoms with Crippen LogP contribution in [0.4, 0.5) is 13.2 Å². The van der Waals surface area contributed by atoms with E-state index in [1.165, 1.54) is 7.05 Å². The highest BCUT2D eigenvalue weighted by molar-refractivity contribution is 6.31. The van der Waals surface area contributed by atoms with Gasteiger partial charge in [-0.1, -0.05) is 29.8 Å². The molecule has 1 amide bonds. The van der Waals surface area contributed by atoms with Crippen molar-refractivity contribution < 1.29 is 18.0 Å². The second kappa shape index (κ2) is 6.12. The standard InChI is InChI=1S/C16H15ClF3N3O/c1-22-13(9-14(21-22)16(18,19)20)15(24)23-8-4-7-12(23)10-5-2-3-6-11(10)17/h2-3,5-6,9,12H,4,7-8H2,1H3. The molecule has 0 N–H and O–H groups in total. The Bertz CT molecular complexity index is 772. The van der Waals surface area contributed by atoms with Gasteiger partial charge in [0, 0.05) is 24.7 Å². The first kappa shape index (κ1) is 16.8. The van der Waals surface area contributed by atoms with Gasteiger partial charge in [-0.15, -0.1) is 0 Å². The number of rotatable bonds is 2. The first-order valence-corrected chi connectivity index (χ1v) is 7.83. The van der Waals surface area contributed by atoms with Crippen LogP contribution in [-0.4, -0.2) is 27.1 Å². The number of hydrogen-bond donors (Lipinski definition) is 0. The molecule has 0 spiro atoms. The summed E-state index contributed by atoms with van der Waals surface area (Å²) in [5.74, 6) is -0.470. The molecule has 1 fully saturated rings. The molecule has 0 saturated carbocycles. The molecule has 1 unspecified atom stereocenters. The summed E-state index contributed by atoms with van der Waals surface area (Å²) in [6.07, 6.45) is -3.09. The van der Waals surface area contributed by atoms with Crippen molar-refractivity contribution in [3.63, 3.8) is 0 Å². The van der Waals surface area contributed by atoms with Crippen LogP contribution in [0.3, 0.4) is 0 Å². The van der Waals surface area contributed by atoms with Crippen molar-refractivity contribution in [1.29, 1.82) is 0 Å². The molecule has 1 aliphatic heterocycles. The van der Waals surface area contributed by atoms with Crippen molar-refractivity contribution in [2.24, 2.45) is 7.05 Å². The molecule has 1 aliphatic rings. The number of nitrogens with zero attached hydrogens (tertiary/aromatic N) is 3. The van der Waals surface area contributed by atoms with Gasteiger partial charge in [-0.25, -0.2) is 0 Å². The number of carbonyl (C=O) groups is 1. The quantitative estimate of drug-likeness (QED) is 0.812. The molecule has 1 saturated heterocycles. The van der Waals surface area contributed by atoms with Crippen LogP contribution in [0.25, 0.3) is 0 Å². The van der Waals surface area contributed by atoms with Gasteiger partial charge in [0.05, 0.1) is 6.04 Å². The summed E-state index contributed by atoms with van der Waals surface area (Å²) < 4.78 is 39.4. The Morgan fingerprint density at radius 3 is 2.67 bits per heavy atom. The summed E-state index contributed by atoms with van der Waals surface area (Å²) in [6.45, 7) is 0.473. The van der Waals surface area contributed by atoms with E-state index in [1.807, 2.05) is 12.1 Å². The lowest BCUT2D eigenvalue weighted by Crippen LogP contribution is -2.32. The Morgan fingerprint density at radius 2 is 2.04 bits per heavy atom. The molecule has 2 heterocycles. The maximum absolute atomic E-state index is 12.8. The molecule has 2 aromatic rings. The highest BCUT2D eigenvalue weighted by Gasteiger charge is 2.38. The molecule has 1 aromatic carbocycles. The van der Waals surface area contributed by atoms with Gasteiger partial charge in [-0.2, -0.15) is 18.3 Å². The summed E-state index contributed by atoms with van der Waals surface area (Å²) in [4.78, 5) is 14.3. The number of alkyl halides is 3. The van der Waals surface area contributed by atoms with Crippen molar-refractivity contribution in [3.8, 4) is 0 Å². The maximum atomic E-state index is 12.8. The Labute approximate surface area is 141 Å². The van der Waals surface area contributed by atoms with Gasteiger partial charge < -0.3 is 4.90 Å². The SMILES string of the molecule is Cn1nc(C(F)(F)F)cc1C(=O)N1CCCC1c1ccccc1Cl. The Balaban J connectivity index is 1.92. The van der Waals surface area contributed by atoms with Crippen LogP contribution in [0.15, 0.2) is 30.3 Å². The summed E-state index contributed by atoms with van der Waals surface area (Å²) in [5.41, 5.74) is -0.341. The molecule has 0 aliphatic carbocycles. The van der Waals surface area contributed by atoms with E-state index < -0.39 is 17.8 Å². The van der Waals surface area contributed by atoms with Gasteiger partial charge >= 0.3 is 6.18 Å². The highest BCUT2D eigenvalue weighted by Crippen LogP contribution is 2.37. The third kappa shape index (κ3) is 3.00. The van der Waals surface area contributed by atoms with Gasteiger partial charge in [0.1, 0.15) is 5.69 Å². The Kier molecular flexibility index (Phi) is 4.29. The first-order valence-electron chi connectivity index (χ1n) is 7.45. The van der Waals surface area contributed by atoms with E-state index in [1.54, 1.807) is 17.0 Å². The zero-order valence-corrected chi connectivity index (χ0v) is 13.6. The van der Waals surface area contributed by atoms with E-state index in [-0.39, 0.29) is 11.7 Å². The number of aromatic nitrogens is 2. The smallest absolute Gasteiger partial charge is 0.330 e. The van der Waals surface area contributed by atoms with Gasteiger partial charge in [-0.05, 0) is 24.5 Å².